The maximum Gasteiger partial charge on any atom is 0.119 e. The number of nitrogens with one attached hydrogen (secondary N) is 1. The van der Waals surface area contributed by atoms with E-state index in [1.807, 2.05) is 6.07 Å². The highest BCUT2D eigenvalue weighted by atomic mass is 16.5. The molecule has 0 radical (unpaired) electrons. The third-order valence-electron chi connectivity index (χ3n) is 5.50. The molecule has 0 saturated carbocycles. The summed E-state index contributed by atoms with van der Waals surface area (Å²) < 4.78 is 5.32. The van der Waals surface area contributed by atoms with Crippen molar-refractivity contribution in [2.75, 3.05) is 26.7 Å². The van der Waals surface area contributed by atoms with Crippen LogP contribution in [0.1, 0.15) is 29.9 Å². The summed E-state index contributed by atoms with van der Waals surface area (Å²) in [7, 11) is 1.73. The Balaban J connectivity index is 1.34. The molecule has 0 amide bonds. The number of ether oxygens (including phenoxy) is 1. The molecule has 25 heavy (non-hydrogen) atoms. The molecule has 1 aliphatic heterocycles. The molecule has 2 heterocycles. The van der Waals surface area contributed by atoms with Gasteiger partial charge < -0.3 is 14.6 Å². The summed E-state index contributed by atoms with van der Waals surface area (Å²) in [4.78, 5) is 6.03. The molecule has 1 N–H and O–H groups in total. The number of piperidine rings is 1. The van der Waals surface area contributed by atoms with Gasteiger partial charge >= 0.3 is 0 Å². The van der Waals surface area contributed by atoms with Crippen molar-refractivity contribution in [3.05, 3.63) is 65.9 Å². The van der Waals surface area contributed by atoms with Gasteiger partial charge in [0.2, 0.25) is 0 Å². The van der Waals surface area contributed by atoms with Crippen molar-refractivity contribution >= 4 is 10.9 Å². The van der Waals surface area contributed by atoms with Gasteiger partial charge in [0.05, 0.1) is 7.11 Å². The lowest BCUT2D eigenvalue weighted by Crippen LogP contribution is -2.34. The van der Waals surface area contributed by atoms with E-state index in [-0.39, 0.29) is 0 Å². The predicted octanol–water partition coefficient (Wildman–Crippen LogP) is 4.60. The summed E-state index contributed by atoms with van der Waals surface area (Å²) in [6.45, 7) is 3.51. The first-order valence-corrected chi connectivity index (χ1v) is 9.25. The minimum Gasteiger partial charge on any atom is -0.497 e. The molecule has 3 nitrogen and oxygen atoms in total. The van der Waals surface area contributed by atoms with Crippen LogP contribution in [0.3, 0.4) is 0 Å². The molecule has 0 unspecified atom stereocenters. The fourth-order valence-corrected chi connectivity index (χ4v) is 4.01. The third kappa shape index (κ3) is 3.57. The van der Waals surface area contributed by atoms with Gasteiger partial charge in [-0.25, -0.2) is 0 Å². The van der Waals surface area contributed by atoms with Gasteiger partial charge in [-0.05, 0) is 67.6 Å². The highest BCUT2D eigenvalue weighted by Gasteiger charge is 2.22. The second-order valence-electron chi connectivity index (χ2n) is 7.01. The predicted molar refractivity (Wildman–Crippen MR) is 103 cm³/mol. The fraction of sp³-hybridized carbons (Fsp3) is 0.364. The maximum atomic E-state index is 5.32. The summed E-state index contributed by atoms with van der Waals surface area (Å²) in [5.41, 5.74) is 4.12. The Kier molecular flexibility index (Phi) is 4.75. The number of para-hydroxylation sites is 1. The Morgan fingerprint density at radius 1 is 1.08 bits per heavy atom. The van der Waals surface area contributed by atoms with Crippen LogP contribution in [0, 0.1) is 0 Å². The van der Waals surface area contributed by atoms with Gasteiger partial charge in [0.25, 0.3) is 0 Å². The molecule has 1 aromatic heterocycles. The number of hydrogen-bond donors (Lipinski definition) is 1. The average molecular weight is 334 g/mol. The first-order chi connectivity index (χ1) is 12.3. The van der Waals surface area contributed by atoms with E-state index in [9.17, 15) is 0 Å². The number of methoxy groups -OCH3 is 1. The third-order valence-corrected chi connectivity index (χ3v) is 5.50. The Morgan fingerprint density at radius 2 is 1.92 bits per heavy atom. The van der Waals surface area contributed by atoms with E-state index in [2.05, 4.69) is 58.5 Å². The van der Waals surface area contributed by atoms with Crippen molar-refractivity contribution in [3.63, 3.8) is 0 Å². The van der Waals surface area contributed by atoms with Gasteiger partial charge in [-0.3, -0.25) is 0 Å². The number of hydrogen-bond acceptors (Lipinski definition) is 2. The summed E-state index contributed by atoms with van der Waals surface area (Å²) in [6, 6.07) is 17.1. The summed E-state index contributed by atoms with van der Waals surface area (Å²) in [5.74, 6) is 1.64. The molecule has 0 atom stereocenters. The first-order valence-electron chi connectivity index (χ1n) is 9.25. The van der Waals surface area contributed by atoms with Gasteiger partial charge in [-0.1, -0.05) is 30.3 Å². The zero-order valence-corrected chi connectivity index (χ0v) is 14.9. The van der Waals surface area contributed by atoms with Gasteiger partial charge in [0.15, 0.2) is 0 Å². The van der Waals surface area contributed by atoms with Gasteiger partial charge in [-0.2, -0.15) is 0 Å². The lowest BCUT2D eigenvalue weighted by Gasteiger charge is -2.32. The van der Waals surface area contributed by atoms with Crippen LogP contribution in [0.5, 0.6) is 5.75 Å². The Morgan fingerprint density at radius 3 is 2.76 bits per heavy atom. The minimum atomic E-state index is 0.684. The smallest absolute Gasteiger partial charge is 0.119 e. The molecule has 0 aliphatic carbocycles. The number of aromatic amines is 1. The van der Waals surface area contributed by atoms with Gasteiger partial charge in [0, 0.05) is 23.6 Å². The van der Waals surface area contributed by atoms with Crippen LogP contribution in [0.15, 0.2) is 54.7 Å². The molecule has 0 spiro atoms. The van der Waals surface area contributed by atoms with Crippen LogP contribution in [-0.4, -0.2) is 36.6 Å². The SMILES string of the molecule is COc1cccc(CCN2CCC(c3c[nH]c4ccccc34)CC2)c1. The Labute approximate surface area is 149 Å². The second-order valence-corrected chi connectivity index (χ2v) is 7.01. The molecule has 2 aromatic carbocycles. The van der Waals surface area contributed by atoms with E-state index < -0.39 is 0 Å². The average Bonchev–Trinajstić information content (AvgIpc) is 3.11. The lowest BCUT2D eigenvalue weighted by atomic mass is 9.89. The van der Waals surface area contributed by atoms with Crippen LogP contribution < -0.4 is 4.74 Å². The molecular weight excluding hydrogens is 308 g/mol. The molecule has 3 aromatic rings. The van der Waals surface area contributed by atoms with Crippen LogP contribution in [0.4, 0.5) is 0 Å². The Bertz CT molecular complexity index is 831. The zero-order chi connectivity index (χ0) is 17.1. The van der Waals surface area contributed by atoms with E-state index >= 15 is 0 Å². The van der Waals surface area contributed by atoms with E-state index in [0.29, 0.717) is 5.92 Å². The van der Waals surface area contributed by atoms with Crippen LogP contribution in [0.25, 0.3) is 10.9 Å². The molecule has 4 rings (SSSR count). The normalized spacial score (nSPS) is 16.4. The van der Waals surface area contributed by atoms with E-state index in [1.54, 1.807) is 7.11 Å². The van der Waals surface area contributed by atoms with Gasteiger partial charge in [0.1, 0.15) is 5.75 Å². The molecule has 3 heteroatoms. The summed E-state index contributed by atoms with van der Waals surface area (Å²) in [6.07, 6.45) is 5.82. The zero-order valence-electron chi connectivity index (χ0n) is 14.9. The number of benzene rings is 2. The molecular formula is C22H26N2O. The van der Waals surface area contributed by atoms with E-state index in [0.717, 1.165) is 18.7 Å². The monoisotopic (exact) mass is 334 g/mol. The van der Waals surface area contributed by atoms with Gasteiger partial charge in [-0.15, -0.1) is 0 Å². The van der Waals surface area contributed by atoms with Crippen LogP contribution in [0.2, 0.25) is 0 Å². The first kappa shape index (κ1) is 16.2. The number of fused-ring (bicyclic) bond motifs is 1. The number of aromatic nitrogens is 1. The second kappa shape index (κ2) is 7.32. The molecule has 130 valence electrons. The molecule has 1 fully saturated rings. The molecule has 1 saturated heterocycles. The van der Waals surface area contributed by atoms with E-state index in [4.69, 9.17) is 4.74 Å². The fourth-order valence-electron chi connectivity index (χ4n) is 4.01. The van der Waals surface area contributed by atoms with Crippen LogP contribution >= 0.6 is 0 Å². The largest absolute Gasteiger partial charge is 0.497 e. The van der Waals surface area contributed by atoms with Crippen molar-refractivity contribution in [2.24, 2.45) is 0 Å². The Hall–Kier alpha value is -2.26. The quantitative estimate of drug-likeness (QED) is 0.739. The maximum absolute atomic E-state index is 5.32. The van der Waals surface area contributed by atoms with Crippen LogP contribution in [-0.2, 0) is 6.42 Å². The summed E-state index contributed by atoms with van der Waals surface area (Å²) >= 11 is 0. The number of H-pyrrole nitrogens is 1. The van der Waals surface area contributed by atoms with Crippen molar-refractivity contribution in [1.82, 2.24) is 9.88 Å². The highest BCUT2D eigenvalue weighted by molar-refractivity contribution is 5.83. The lowest BCUT2D eigenvalue weighted by molar-refractivity contribution is 0.215. The number of rotatable bonds is 5. The highest BCUT2D eigenvalue weighted by Crippen LogP contribution is 2.33. The molecule has 0 bridgehead atoms. The minimum absolute atomic E-state index is 0.684. The topological polar surface area (TPSA) is 28.3 Å². The standard InChI is InChI=1S/C22H26N2O/c1-25-19-6-4-5-17(15-19)9-12-24-13-10-18(11-14-24)21-16-23-22-8-3-2-7-20(21)22/h2-8,15-16,18,23H,9-14H2,1H3. The van der Waals surface area contributed by atoms with Crippen molar-refractivity contribution < 1.29 is 4.74 Å². The number of likely N-dealkylation sites (tertiary alicyclic amines) is 1. The molecule has 1 aliphatic rings. The van der Waals surface area contributed by atoms with Crippen molar-refractivity contribution in [3.8, 4) is 5.75 Å². The summed E-state index contributed by atoms with van der Waals surface area (Å²) in [5, 5.41) is 1.40. The number of nitrogens with zero attached hydrogens (tertiary/aromatic N) is 1. The van der Waals surface area contributed by atoms with Crippen molar-refractivity contribution in [2.45, 2.75) is 25.2 Å². The van der Waals surface area contributed by atoms with E-state index in [1.165, 1.54) is 48.0 Å². The van der Waals surface area contributed by atoms with Crippen molar-refractivity contribution in [1.29, 1.82) is 0 Å².